The van der Waals surface area contributed by atoms with Crippen molar-refractivity contribution in [3.63, 3.8) is 0 Å². The van der Waals surface area contributed by atoms with Gasteiger partial charge in [-0.15, -0.1) is 0 Å². The van der Waals surface area contributed by atoms with Gasteiger partial charge in [0.15, 0.2) is 0 Å². The summed E-state index contributed by atoms with van der Waals surface area (Å²) in [5, 5.41) is 3.05. The van der Waals surface area contributed by atoms with Crippen LogP contribution in [0, 0.1) is 34.6 Å². The highest BCUT2D eigenvalue weighted by atomic mass is 16.1. The van der Waals surface area contributed by atoms with Gasteiger partial charge < -0.3 is 9.88 Å². The van der Waals surface area contributed by atoms with Gasteiger partial charge in [0.25, 0.3) is 5.91 Å². The van der Waals surface area contributed by atoms with Crippen molar-refractivity contribution < 1.29 is 4.79 Å². The van der Waals surface area contributed by atoms with E-state index < -0.39 is 0 Å². The second-order valence-electron chi connectivity index (χ2n) is 9.07. The largest absolute Gasteiger partial charge is 0.352 e. The maximum absolute atomic E-state index is 12.4. The number of rotatable bonds is 7. The topological polar surface area (TPSA) is 46.9 Å². The zero-order valence-electron chi connectivity index (χ0n) is 20.3. The fourth-order valence-corrected chi connectivity index (χ4v) is 4.44. The highest BCUT2D eigenvalue weighted by Crippen LogP contribution is 2.26. The average Bonchev–Trinajstić information content (AvgIpc) is 3.15. The summed E-state index contributed by atoms with van der Waals surface area (Å²) in [6.45, 7) is 12.3. The Hall–Kier alpha value is -3.40. The minimum atomic E-state index is -0.0232. The van der Waals surface area contributed by atoms with E-state index in [0.717, 1.165) is 41.8 Å². The van der Waals surface area contributed by atoms with Gasteiger partial charge >= 0.3 is 0 Å². The number of fused-ring (bicyclic) bond motifs is 1. The number of nitrogens with zero attached hydrogens (tertiary/aromatic N) is 2. The van der Waals surface area contributed by atoms with Gasteiger partial charge in [0.1, 0.15) is 5.82 Å². The molecule has 0 bridgehead atoms. The number of hydrogen-bond acceptors (Lipinski definition) is 2. The van der Waals surface area contributed by atoms with Crippen LogP contribution in [-0.2, 0) is 13.0 Å². The number of benzene rings is 3. The lowest BCUT2D eigenvalue weighted by Crippen LogP contribution is -2.25. The second kappa shape index (κ2) is 9.62. The van der Waals surface area contributed by atoms with Crippen molar-refractivity contribution in [1.82, 2.24) is 14.9 Å². The van der Waals surface area contributed by atoms with Gasteiger partial charge in [-0.25, -0.2) is 4.98 Å². The monoisotopic (exact) mass is 439 g/mol. The summed E-state index contributed by atoms with van der Waals surface area (Å²) in [6, 6.07) is 18.3. The molecule has 1 aromatic heterocycles. The normalized spacial score (nSPS) is 11.2. The van der Waals surface area contributed by atoms with E-state index in [1.807, 2.05) is 37.3 Å². The minimum Gasteiger partial charge on any atom is -0.352 e. The summed E-state index contributed by atoms with van der Waals surface area (Å²) in [7, 11) is 0. The molecule has 1 amide bonds. The number of imidazole rings is 1. The molecule has 4 nitrogen and oxygen atoms in total. The van der Waals surface area contributed by atoms with Crippen LogP contribution in [0.1, 0.15) is 56.0 Å². The number of carbonyl (C=O) groups is 1. The predicted octanol–water partition coefficient (Wildman–Crippen LogP) is 5.99. The van der Waals surface area contributed by atoms with Crippen LogP contribution in [0.5, 0.6) is 0 Å². The quantitative estimate of drug-likeness (QED) is 0.360. The number of nitrogens with one attached hydrogen (secondary N) is 1. The van der Waals surface area contributed by atoms with E-state index >= 15 is 0 Å². The van der Waals surface area contributed by atoms with Crippen molar-refractivity contribution in [2.45, 2.75) is 54.0 Å². The van der Waals surface area contributed by atoms with Crippen LogP contribution in [0.4, 0.5) is 0 Å². The molecule has 4 heteroatoms. The Morgan fingerprint density at radius 2 is 1.58 bits per heavy atom. The Morgan fingerprint density at radius 1 is 0.909 bits per heavy atom. The first-order valence-corrected chi connectivity index (χ1v) is 11.7. The van der Waals surface area contributed by atoms with Gasteiger partial charge in [-0.2, -0.15) is 0 Å². The number of carbonyl (C=O) groups excluding carboxylic acids is 1. The van der Waals surface area contributed by atoms with Crippen LogP contribution >= 0.6 is 0 Å². The summed E-state index contributed by atoms with van der Waals surface area (Å²) >= 11 is 0. The van der Waals surface area contributed by atoms with E-state index in [9.17, 15) is 4.79 Å². The van der Waals surface area contributed by atoms with Crippen LogP contribution in [-0.4, -0.2) is 22.0 Å². The van der Waals surface area contributed by atoms with Crippen molar-refractivity contribution in [2.75, 3.05) is 6.54 Å². The van der Waals surface area contributed by atoms with E-state index in [4.69, 9.17) is 4.98 Å². The molecule has 4 aromatic rings. The summed E-state index contributed by atoms with van der Waals surface area (Å²) in [5.74, 6) is 1.05. The van der Waals surface area contributed by atoms with Crippen LogP contribution in [0.15, 0.2) is 54.6 Å². The smallest absolute Gasteiger partial charge is 0.251 e. The third-order valence-corrected chi connectivity index (χ3v) is 6.75. The predicted molar refractivity (Wildman–Crippen MR) is 136 cm³/mol. The molecule has 0 saturated carbocycles. The molecule has 33 heavy (non-hydrogen) atoms. The van der Waals surface area contributed by atoms with Crippen molar-refractivity contribution in [1.29, 1.82) is 0 Å². The summed E-state index contributed by atoms with van der Waals surface area (Å²) in [6.07, 6.45) is 1.65. The van der Waals surface area contributed by atoms with Gasteiger partial charge in [-0.1, -0.05) is 35.9 Å². The van der Waals surface area contributed by atoms with Crippen LogP contribution < -0.4 is 5.32 Å². The molecule has 3 aromatic carbocycles. The van der Waals surface area contributed by atoms with Gasteiger partial charge in [-0.3, -0.25) is 4.79 Å². The summed E-state index contributed by atoms with van der Waals surface area (Å²) < 4.78 is 2.35. The third kappa shape index (κ3) is 4.85. The van der Waals surface area contributed by atoms with Gasteiger partial charge in [0, 0.05) is 25.1 Å². The Bertz CT molecular complexity index is 1270. The Morgan fingerprint density at radius 3 is 2.27 bits per heavy atom. The van der Waals surface area contributed by atoms with Crippen molar-refractivity contribution in [3.05, 3.63) is 99.4 Å². The second-order valence-corrected chi connectivity index (χ2v) is 9.07. The molecule has 0 unspecified atom stereocenters. The van der Waals surface area contributed by atoms with Crippen molar-refractivity contribution >= 4 is 16.9 Å². The molecular formula is C29H33N3O. The minimum absolute atomic E-state index is 0.0232. The highest BCUT2D eigenvalue weighted by Gasteiger charge is 2.15. The maximum atomic E-state index is 12.4. The van der Waals surface area contributed by atoms with E-state index in [-0.39, 0.29) is 5.91 Å². The molecule has 0 fully saturated rings. The van der Waals surface area contributed by atoms with Crippen LogP contribution in [0.25, 0.3) is 11.0 Å². The molecule has 170 valence electrons. The number of amides is 1. The zero-order chi connectivity index (χ0) is 23.5. The van der Waals surface area contributed by atoms with Gasteiger partial charge in [0.2, 0.25) is 0 Å². The number of aryl methyl sites for hydroxylation is 4. The summed E-state index contributed by atoms with van der Waals surface area (Å²) in [5.41, 5.74) is 10.8. The van der Waals surface area contributed by atoms with Crippen molar-refractivity contribution in [3.8, 4) is 0 Å². The molecule has 1 heterocycles. The van der Waals surface area contributed by atoms with Gasteiger partial charge in [0.05, 0.1) is 11.0 Å². The first-order valence-electron chi connectivity index (χ1n) is 11.7. The maximum Gasteiger partial charge on any atom is 0.251 e. The molecular weight excluding hydrogens is 406 g/mol. The lowest BCUT2D eigenvalue weighted by Gasteiger charge is -2.18. The lowest BCUT2D eigenvalue weighted by molar-refractivity contribution is 0.0953. The number of para-hydroxylation sites is 2. The molecule has 0 aliphatic carbocycles. The Labute approximate surface area is 196 Å². The van der Waals surface area contributed by atoms with E-state index in [1.165, 1.54) is 27.8 Å². The first-order chi connectivity index (χ1) is 15.8. The van der Waals surface area contributed by atoms with E-state index in [2.05, 4.69) is 61.8 Å². The Balaban J connectivity index is 1.52. The fourth-order valence-electron chi connectivity index (χ4n) is 4.44. The zero-order valence-corrected chi connectivity index (χ0v) is 20.3. The SMILES string of the molecule is Cc1ccc(C(=O)NCCCc2nc3ccccc3n2Cc2c(C)c(C)cc(C)c2C)cc1. The molecule has 0 saturated heterocycles. The molecule has 0 atom stereocenters. The fraction of sp³-hybridized carbons (Fsp3) is 0.310. The van der Waals surface area contributed by atoms with E-state index in [0.29, 0.717) is 12.1 Å². The standard InChI is InChI=1S/C29H33N3O/c1-19-12-14-24(15-13-19)29(33)30-16-8-11-28-31-26-9-6-7-10-27(26)32(28)18-25-22(4)20(2)17-21(3)23(25)5/h6-7,9-10,12-15,17H,8,11,16,18H2,1-5H3,(H,30,33). The van der Waals surface area contributed by atoms with Gasteiger partial charge in [-0.05, 0) is 93.1 Å². The van der Waals surface area contributed by atoms with Crippen LogP contribution in [0.3, 0.4) is 0 Å². The number of hydrogen-bond donors (Lipinski definition) is 1. The van der Waals surface area contributed by atoms with Crippen LogP contribution in [0.2, 0.25) is 0 Å². The molecule has 0 aliphatic rings. The Kier molecular flexibility index (Phi) is 6.64. The highest BCUT2D eigenvalue weighted by molar-refractivity contribution is 5.94. The first kappa shape index (κ1) is 22.8. The summed E-state index contributed by atoms with van der Waals surface area (Å²) in [4.78, 5) is 17.4. The third-order valence-electron chi connectivity index (χ3n) is 6.75. The molecule has 1 N–H and O–H groups in total. The molecule has 0 spiro atoms. The molecule has 4 rings (SSSR count). The van der Waals surface area contributed by atoms with E-state index in [1.54, 1.807) is 0 Å². The van der Waals surface area contributed by atoms with Crippen molar-refractivity contribution in [2.24, 2.45) is 0 Å². The lowest BCUT2D eigenvalue weighted by atomic mass is 9.94. The molecule has 0 radical (unpaired) electrons. The number of aromatic nitrogens is 2. The average molecular weight is 440 g/mol. The molecule has 0 aliphatic heterocycles.